The van der Waals surface area contributed by atoms with Crippen molar-refractivity contribution in [3.63, 3.8) is 0 Å². The van der Waals surface area contributed by atoms with Crippen LogP contribution >= 0.6 is 11.6 Å². The minimum absolute atomic E-state index is 0.192. The molecular weight excluding hydrogens is 440 g/mol. The number of carbonyl (C=O) groups excluding carboxylic acids is 1. The van der Waals surface area contributed by atoms with Crippen LogP contribution in [0.15, 0.2) is 71.5 Å². The summed E-state index contributed by atoms with van der Waals surface area (Å²) in [4.78, 5) is 25.5. The predicted octanol–water partition coefficient (Wildman–Crippen LogP) is 5.07. The van der Waals surface area contributed by atoms with Gasteiger partial charge in [0.15, 0.2) is 0 Å². The number of esters is 1. The zero-order valence-electron chi connectivity index (χ0n) is 18.2. The first-order chi connectivity index (χ1) is 16.0. The highest BCUT2D eigenvalue weighted by Crippen LogP contribution is 2.30. The number of halogens is 1. The minimum Gasteiger partial charge on any atom is -0.493 e. The summed E-state index contributed by atoms with van der Waals surface area (Å²) >= 11 is 6.28. The Balaban J connectivity index is 1.54. The SMILES string of the molecule is COC(=O)c1cccc(Cn2c(=O)n(-c3ccc(OCC4CC4)cc3)c3cc(Cl)ccc32)c1. The molecule has 7 heteroatoms. The normalized spacial score (nSPS) is 13.3. The summed E-state index contributed by atoms with van der Waals surface area (Å²) in [7, 11) is 1.35. The number of imidazole rings is 1. The second-order valence-electron chi connectivity index (χ2n) is 8.28. The number of benzene rings is 3. The smallest absolute Gasteiger partial charge is 0.337 e. The number of carbonyl (C=O) groups is 1. The van der Waals surface area contributed by atoms with Crippen LogP contribution in [0.25, 0.3) is 16.7 Å². The molecule has 1 fully saturated rings. The lowest BCUT2D eigenvalue weighted by Crippen LogP contribution is -2.23. The van der Waals surface area contributed by atoms with E-state index >= 15 is 0 Å². The van der Waals surface area contributed by atoms with Crippen molar-refractivity contribution in [2.75, 3.05) is 13.7 Å². The highest BCUT2D eigenvalue weighted by Gasteiger charge is 2.22. The number of methoxy groups -OCH3 is 1. The van der Waals surface area contributed by atoms with Crippen molar-refractivity contribution in [2.24, 2.45) is 5.92 Å². The van der Waals surface area contributed by atoms with Gasteiger partial charge in [0.05, 0.1) is 42.5 Å². The summed E-state index contributed by atoms with van der Waals surface area (Å²) in [6.45, 7) is 1.04. The molecule has 0 atom stereocenters. The Morgan fingerprint density at radius 1 is 1.03 bits per heavy atom. The van der Waals surface area contributed by atoms with E-state index in [4.69, 9.17) is 21.1 Å². The molecule has 1 aliphatic carbocycles. The van der Waals surface area contributed by atoms with Crippen LogP contribution in [-0.2, 0) is 11.3 Å². The first-order valence-corrected chi connectivity index (χ1v) is 11.2. The van der Waals surface area contributed by atoms with Crippen molar-refractivity contribution >= 4 is 28.6 Å². The zero-order chi connectivity index (χ0) is 22.9. The topological polar surface area (TPSA) is 62.5 Å². The Labute approximate surface area is 195 Å². The van der Waals surface area contributed by atoms with Crippen molar-refractivity contribution in [1.82, 2.24) is 9.13 Å². The number of aromatic nitrogens is 2. The molecule has 4 aromatic rings. The fourth-order valence-corrected chi connectivity index (χ4v) is 4.09. The third-order valence-corrected chi connectivity index (χ3v) is 6.09. The van der Waals surface area contributed by atoms with Crippen LogP contribution in [0.4, 0.5) is 0 Å². The maximum atomic E-state index is 13.5. The first kappa shape index (κ1) is 21.3. The molecule has 0 amide bonds. The number of hydrogen-bond donors (Lipinski definition) is 0. The monoisotopic (exact) mass is 462 g/mol. The summed E-state index contributed by atoms with van der Waals surface area (Å²) < 4.78 is 14.0. The van der Waals surface area contributed by atoms with Gasteiger partial charge in [-0.15, -0.1) is 0 Å². The summed E-state index contributed by atoms with van der Waals surface area (Å²) in [5.41, 5.74) is 3.26. The molecule has 0 spiro atoms. The lowest BCUT2D eigenvalue weighted by Gasteiger charge is -2.07. The quantitative estimate of drug-likeness (QED) is 0.360. The van der Waals surface area contributed by atoms with Crippen LogP contribution in [0.2, 0.25) is 5.02 Å². The molecule has 1 saturated carbocycles. The summed E-state index contributed by atoms with van der Waals surface area (Å²) in [5.74, 6) is 1.05. The van der Waals surface area contributed by atoms with Gasteiger partial charge in [-0.3, -0.25) is 9.13 Å². The molecule has 168 valence electrons. The molecular formula is C26H23ClN2O4. The Hall–Kier alpha value is -3.51. The van der Waals surface area contributed by atoms with E-state index in [2.05, 4.69) is 0 Å². The van der Waals surface area contributed by atoms with Gasteiger partial charge in [-0.1, -0.05) is 23.7 Å². The molecule has 0 radical (unpaired) electrons. The Morgan fingerprint density at radius 3 is 2.55 bits per heavy atom. The minimum atomic E-state index is -0.414. The second-order valence-corrected chi connectivity index (χ2v) is 8.71. The Bertz CT molecular complexity index is 1380. The van der Waals surface area contributed by atoms with Crippen molar-refractivity contribution < 1.29 is 14.3 Å². The van der Waals surface area contributed by atoms with Gasteiger partial charge in [0.1, 0.15) is 5.75 Å². The molecule has 1 aromatic heterocycles. The predicted molar refractivity (Wildman–Crippen MR) is 128 cm³/mol. The summed E-state index contributed by atoms with van der Waals surface area (Å²) in [6, 6.07) is 20.0. The van der Waals surface area contributed by atoms with Crippen LogP contribution in [-0.4, -0.2) is 28.8 Å². The van der Waals surface area contributed by atoms with Gasteiger partial charge in [0.2, 0.25) is 0 Å². The van der Waals surface area contributed by atoms with Crippen molar-refractivity contribution in [3.05, 3.63) is 93.4 Å². The van der Waals surface area contributed by atoms with E-state index in [0.717, 1.165) is 29.1 Å². The van der Waals surface area contributed by atoms with Crippen LogP contribution < -0.4 is 10.4 Å². The standard InChI is InChI=1S/C26H23ClN2O4/c1-32-25(30)19-4-2-3-18(13-19)15-28-23-12-7-20(27)14-24(23)29(26(28)31)21-8-10-22(11-9-21)33-16-17-5-6-17/h2-4,7-14,17H,5-6,15-16H2,1H3. The van der Waals surface area contributed by atoms with E-state index in [1.54, 1.807) is 39.5 Å². The fraction of sp³-hybridized carbons (Fsp3) is 0.231. The number of hydrogen-bond acceptors (Lipinski definition) is 4. The highest BCUT2D eigenvalue weighted by atomic mass is 35.5. The van der Waals surface area contributed by atoms with Gasteiger partial charge in [-0.2, -0.15) is 0 Å². The molecule has 3 aromatic carbocycles. The molecule has 0 N–H and O–H groups in total. The maximum Gasteiger partial charge on any atom is 0.337 e. The largest absolute Gasteiger partial charge is 0.493 e. The molecule has 33 heavy (non-hydrogen) atoms. The summed E-state index contributed by atoms with van der Waals surface area (Å²) in [6.07, 6.45) is 2.46. The molecule has 1 aliphatic rings. The van der Waals surface area contributed by atoms with E-state index in [9.17, 15) is 9.59 Å². The third kappa shape index (κ3) is 4.39. The lowest BCUT2D eigenvalue weighted by molar-refractivity contribution is 0.0600. The molecule has 0 unspecified atom stereocenters. The van der Waals surface area contributed by atoms with Gasteiger partial charge in [-0.05, 0) is 78.9 Å². The van der Waals surface area contributed by atoms with E-state index in [1.807, 2.05) is 36.4 Å². The Kier molecular flexibility index (Phi) is 5.68. The summed E-state index contributed by atoms with van der Waals surface area (Å²) in [5, 5.41) is 0.547. The van der Waals surface area contributed by atoms with Gasteiger partial charge < -0.3 is 9.47 Å². The average molecular weight is 463 g/mol. The van der Waals surface area contributed by atoms with Crippen LogP contribution in [0.3, 0.4) is 0 Å². The molecule has 5 rings (SSSR count). The maximum absolute atomic E-state index is 13.5. The fourth-order valence-electron chi connectivity index (χ4n) is 3.92. The molecule has 0 aliphatic heterocycles. The Morgan fingerprint density at radius 2 is 1.82 bits per heavy atom. The van der Waals surface area contributed by atoms with Crippen LogP contribution in [0.5, 0.6) is 5.75 Å². The lowest BCUT2D eigenvalue weighted by atomic mass is 10.1. The van der Waals surface area contributed by atoms with Gasteiger partial charge in [-0.25, -0.2) is 9.59 Å². The second kappa shape index (κ2) is 8.79. The van der Waals surface area contributed by atoms with E-state index in [1.165, 1.54) is 20.0 Å². The number of fused-ring (bicyclic) bond motifs is 1. The van der Waals surface area contributed by atoms with Crippen LogP contribution in [0, 0.1) is 5.92 Å². The first-order valence-electron chi connectivity index (χ1n) is 10.8. The van der Waals surface area contributed by atoms with Gasteiger partial charge >= 0.3 is 11.7 Å². The zero-order valence-corrected chi connectivity index (χ0v) is 18.9. The van der Waals surface area contributed by atoms with E-state index in [-0.39, 0.29) is 5.69 Å². The molecule has 6 nitrogen and oxygen atoms in total. The third-order valence-electron chi connectivity index (χ3n) is 5.86. The molecule has 0 saturated heterocycles. The van der Waals surface area contributed by atoms with Crippen molar-refractivity contribution in [3.8, 4) is 11.4 Å². The number of ether oxygens (including phenoxy) is 2. The molecule has 1 heterocycles. The molecule has 0 bridgehead atoms. The van der Waals surface area contributed by atoms with E-state index < -0.39 is 5.97 Å². The highest BCUT2D eigenvalue weighted by molar-refractivity contribution is 6.31. The van der Waals surface area contributed by atoms with Gasteiger partial charge in [0.25, 0.3) is 0 Å². The van der Waals surface area contributed by atoms with Crippen molar-refractivity contribution in [2.45, 2.75) is 19.4 Å². The average Bonchev–Trinajstić information content (AvgIpc) is 3.63. The van der Waals surface area contributed by atoms with E-state index in [0.29, 0.717) is 28.6 Å². The van der Waals surface area contributed by atoms with Crippen LogP contribution in [0.1, 0.15) is 28.8 Å². The number of rotatable bonds is 7. The van der Waals surface area contributed by atoms with Crippen molar-refractivity contribution in [1.29, 1.82) is 0 Å². The van der Waals surface area contributed by atoms with Gasteiger partial charge in [0, 0.05) is 5.02 Å². The number of nitrogens with zero attached hydrogens (tertiary/aromatic N) is 2.